The number of nitrogens with two attached hydrogens (primary N) is 1. The predicted octanol–water partition coefficient (Wildman–Crippen LogP) is 1.65. The van der Waals surface area contributed by atoms with Crippen LogP contribution in [0.1, 0.15) is 11.1 Å². The van der Waals surface area contributed by atoms with Gasteiger partial charge in [0.1, 0.15) is 0 Å². The molecular formula is C19H23N4O2S2+. The van der Waals surface area contributed by atoms with E-state index in [1.807, 2.05) is 19.1 Å². The minimum atomic E-state index is -3.12. The molecule has 0 atom stereocenters. The predicted molar refractivity (Wildman–Crippen MR) is 112 cm³/mol. The van der Waals surface area contributed by atoms with Gasteiger partial charge in [-0.25, -0.2) is 18.0 Å². The van der Waals surface area contributed by atoms with Gasteiger partial charge in [-0.1, -0.05) is 0 Å². The summed E-state index contributed by atoms with van der Waals surface area (Å²) in [5, 5.41) is 1.12. The van der Waals surface area contributed by atoms with E-state index in [9.17, 15) is 8.42 Å². The fraction of sp³-hybridized carbons (Fsp3) is 0.368. The molecule has 0 amide bonds. The zero-order chi connectivity index (χ0) is 19.3. The normalized spacial score (nSPS) is 16.3. The molecule has 2 heterocycles. The Hall–Kier alpha value is -2.03. The molecule has 8 heteroatoms. The van der Waals surface area contributed by atoms with Crippen molar-refractivity contribution in [1.29, 1.82) is 0 Å². The highest BCUT2D eigenvalue weighted by molar-refractivity contribution is 7.88. The van der Waals surface area contributed by atoms with Crippen LogP contribution < -0.4 is 15.7 Å². The van der Waals surface area contributed by atoms with Crippen molar-refractivity contribution in [1.82, 2.24) is 13.9 Å². The number of aryl methyl sites for hydroxylation is 2. The number of hydrogen-bond donors (Lipinski definition) is 1. The molecular weight excluding hydrogens is 380 g/mol. The molecule has 0 bridgehead atoms. The molecule has 0 unspecified atom stereocenters. The number of benzene rings is 2. The lowest BCUT2D eigenvalue weighted by Crippen LogP contribution is -2.49. The van der Waals surface area contributed by atoms with Crippen LogP contribution in [0, 0.1) is 13.8 Å². The standard InChI is InChI=1S/C19H22N4O2S2/c1-12-8-14(20)10-16-18(12)21-19-13(2)9-15(11-17(19)26-16)22-4-6-23(7-5-22)27(3,24)25/h8-11,20H,4-7H2,1-3H3/p+1. The van der Waals surface area contributed by atoms with Crippen molar-refractivity contribution in [2.24, 2.45) is 0 Å². The second-order valence-electron chi connectivity index (χ2n) is 7.16. The summed E-state index contributed by atoms with van der Waals surface area (Å²) in [6.45, 7) is 6.54. The summed E-state index contributed by atoms with van der Waals surface area (Å²) < 4.78 is 28.3. The highest BCUT2D eigenvalue weighted by Gasteiger charge is 2.26. The summed E-state index contributed by atoms with van der Waals surface area (Å²) in [5.74, 6) is 0. The maximum absolute atomic E-state index is 11.7. The first-order chi connectivity index (χ1) is 12.7. The van der Waals surface area contributed by atoms with Crippen LogP contribution in [0.5, 0.6) is 0 Å². The smallest absolute Gasteiger partial charge is 0.211 e. The SMILES string of the molecule is Cc1cc(=[N+]2CCN(S(C)(=O)=O)CC2)cc2sc3cc(N)cc(C)c3nc1-2. The number of aromatic nitrogens is 1. The number of anilines is 1. The molecule has 4 rings (SSSR count). The molecule has 0 aromatic heterocycles. The minimum Gasteiger partial charge on any atom is -0.399 e. The molecule has 1 saturated heterocycles. The minimum absolute atomic E-state index is 0.519. The van der Waals surface area contributed by atoms with Gasteiger partial charge in [0, 0.05) is 17.8 Å². The Morgan fingerprint density at radius 2 is 1.81 bits per heavy atom. The number of piperazine rings is 1. The Kier molecular flexibility index (Phi) is 4.44. The topological polar surface area (TPSA) is 79.3 Å². The molecule has 2 aliphatic heterocycles. The first kappa shape index (κ1) is 18.3. The molecule has 1 aromatic rings. The fourth-order valence-electron chi connectivity index (χ4n) is 3.64. The summed E-state index contributed by atoms with van der Waals surface area (Å²) in [5.41, 5.74) is 11.0. The molecule has 1 fully saturated rings. The van der Waals surface area contributed by atoms with Crippen molar-refractivity contribution in [2.75, 3.05) is 38.2 Å². The second-order valence-corrected chi connectivity index (χ2v) is 10.2. The third-order valence-corrected chi connectivity index (χ3v) is 7.42. The average molecular weight is 404 g/mol. The highest BCUT2D eigenvalue weighted by Crippen LogP contribution is 2.33. The van der Waals surface area contributed by atoms with Gasteiger partial charge in [0.25, 0.3) is 0 Å². The van der Waals surface area contributed by atoms with Crippen LogP contribution >= 0.6 is 11.3 Å². The Morgan fingerprint density at radius 1 is 1.11 bits per heavy atom. The van der Waals surface area contributed by atoms with E-state index < -0.39 is 10.0 Å². The monoisotopic (exact) mass is 403 g/mol. The zero-order valence-corrected chi connectivity index (χ0v) is 17.3. The molecule has 27 heavy (non-hydrogen) atoms. The number of nitrogen functional groups attached to an aromatic ring is 1. The van der Waals surface area contributed by atoms with Crippen LogP contribution in [-0.2, 0) is 10.0 Å². The molecule has 0 saturated carbocycles. The van der Waals surface area contributed by atoms with Gasteiger partial charge in [0.15, 0.2) is 13.1 Å². The summed E-state index contributed by atoms with van der Waals surface area (Å²) in [6.07, 6.45) is 1.27. The van der Waals surface area contributed by atoms with Crippen LogP contribution in [-0.4, -0.2) is 50.1 Å². The van der Waals surface area contributed by atoms with Crippen LogP contribution in [0.25, 0.3) is 20.8 Å². The van der Waals surface area contributed by atoms with Gasteiger partial charge in [-0.3, -0.25) is 0 Å². The molecule has 1 aromatic carbocycles. The Labute approximate surface area is 163 Å². The molecule has 3 aliphatic rings. The fourth-order valence-corrected chi connectivity index (χ4v) is 5.68. The van der Waals surface area contributed by atoms with E-state index in [0.717, 1.165) is 43.0 Å². The molecule has 0 spiro atoms. The molecule has 2 N–H and O–H groups in total. The van der Waals surface area contributed by atoms with Crippen molar-refractivity contribution in [3.8, 4) is 10.6 Å². The van der Waals surface area contributed by atoms with Crippen LogP contribution in [0.4, 0.5) is 5.69 Å². The van der Waals surface area contributed by atoms with Crippen molar-refractivity contribution in [3.63, 3.8) is 0 Å². The largest absolute Gasteiger partial charge is 0.399 e. The van der Waals surface area contributed by atoms with Gasteiger partial charge in [0.05, 0.1) is 40.1 Å². The Morgan fingerprint density at radius 3 is 2.48 bits per heavy atom. The van der Waals surface area contributed by atoms with E-state index in [0.29, 0.717) is 26.2 Å². The molecule has 1 aliphatic carbocycles. The number of nitrogens with zero attached hydrogens (tertiary/aromatic N) is 3. The molecule has 0 radical (unpaired) electrons. The summed E-state index contributed by atoms with van der Waals surface area (Å²) in [6, 6.07) is 8.25. The first-order valence-electron chi connectivity index (χ1n) is 8.87. The maximum atomic E-state index is 11.7. The van der Waals surface area contributed by atoms with Gasteiger partial charge < -0.3 is 5.73 Å². The quantitative estimate of drug-likeness (QED) is 0.381. The summed E-state index contributed by atoms with van der Waals surface area (Å²) in [4.78, 5) is 6.02. The lowest BCUT2D eigenvalue weighted by Gasteiger charge is -2.23. The maximum Gasteiger partial charge on any atom is 0.211 e. The van der Waals surface area contributed by atoms with Crippen LogP contribution in [0.15, 0.2) is 24.3 Å². The third kappa shape index (κ3) is 3.44. The van der Waals surface area contributed by atoms with Gasteiger partial charge in [0.2, 0.25) is 15.4 Å². The molecule has 6 nitrogen and oxygen atoms in total. The number of sulfonamides is 1. The van der Waals surface area contributed by atoms with Crippen molar-refractivity contribution < 1.29 is 8.42 Å². The van der Waals surface area contributed by atoms with E-state index in [2.05, 4.69) is 23.6 Å². The van der Waals surface area contributed by atoms with E-state index in [-0.39, 0.29) is 0 Å². The van der Waals surface area contributed by atoms with E-state index in [1.54, 1.807) is 15.6 Å². The van der Waals surface area contributed by atoms with Crippen molar-refractivity contribution in [2.45, 2.75) is 13.8 Å². The summed E-state index contributed by atoms with van der Waals surface area (Å²) >= 11 is 1.70. The Bertz CT molecular complexity index is 1190. The third-order valence-electron chi connectivity index (χ3n) is 5.05. The van der Waals surface area contributed by atoms with E-state index >= 15 is 0 Å². The van der Waals surface area contributed by atoms with Gasteiger partial charge in [-0.2, -0.15) is 4.31 Å². The van der Waals surface area contributed by atoms with Gasteiger partial charge >= 0.3 is 0 Å². The van der Waals surface area contributed by atoms with Crippen molar-refractivity contribution >= 4 is 37.3 Å². The van der Waals surface area contributed by atoms with E-state index in [4.69, 9.17) is 10.7 Å². The van der Waals surface area contributed by atoms with Gasteiger partial charge in [-0.05, 0) is 37.1 Å². The zero-order valence-electron chi connectivity index (χ0n) is 15.7. The van der Waals surface area contributed by atoms with Crippen molar-refractivity contribution in [3.05, 3.63) is 40.7 Å². The number of fused-ring (bicyclic) bond motifs is 2. The van der Waals surface area contributed by atoms with Crippen LogP contribution in [0.3, 0.4) is 0 Å². The second kappa shape index (κ2) is 6.54. The summed E-state index contributed by atoms with van der Waals surface area (Å²) in [7, 11) is -3.12. The van der Waals surface area contributed by atoms with Crippen LogP contribution in [0.2, 0.25) is 0 Å². The van der Waals surface area contributed by atoms with Gasteiger partial charge in [-0.15, -0.1) is 11.3 Å². The first-order valence-corrected chi connectivity index (χ1v) is 11.5. The number of hydrogen-bond acceptors (Lipinski definition) is 5. The lowest BCUT2D eigenvalue weighted by atomic mass is 10.1. The number of rotatable bonds is 1. The molecule has 142 valence electrons. The van der Waals surface area contributed by atoms with E-state index in [1.165, 1.54) is 6.26 Å². The average Bonchev–Trinajstić information content (AvgIpc) is 2.59. The highest BCUT2D eigenvalue weighted by atomic mass is 32.2. The lowest BCUT2D eigenvalue weighted by molar-refractivity contribution is 0.332. The Balaban J connectivity index is 1.85.